The molecule has 2 amide bonds. The maximum Gasteiger partial charge on any atom is 0.416 e. The molecular weight excluding hydrogens is 433 g/mol. The van der Waals surface area contributed by atoms with E-state index in [1.54, 1.807) is 20.8 Å². The number of alkyl halides is 3. The van der Waals surface area contributed by atoms with Crippen LogP contribution >= 0.6 is 0 Å². The quantitative estimate of drug-likeness (QED) is 0.324. The van der Waals surface area contributed by atoms with Crippen LogP contribution in [-0.2, 0) is 31.8 Å². The van der Waals surface area contributed by atoms with Crippen molar-refractivity contribution in [1.82, 2.24) is 10.6 Å². The van der Waals surface area contributed by atoms with Crippen LogP contribution < -0.4 is 10.6 Å². The number of hydrogen-bond acceptors (Lipinski definition) is 6. The van der Waals surface area contributed by atoms with E-state index in [0.29, 0.717) is 24.9 Å². The van der Waals surface area contributed by atoms with Crippen molar-refractivity contribution < 1.29 is 41.8 Å². The standard InChI is InChI=1S/C21H29F3N2O6/c1-20(2,3)32-18(28)25-12-6-5-7-16(17(27)30-4)26-19(29)31-13-14-8-10-15(11-9-14)21(22,23)24/h8-11,16H,5-7,12-13H2,1-4H3,(H,25,28)(H,26,29)/t16-/m0/s1. The van der Waals surface area contributed by atoms with Crippen molar-refractivity contribution in [2.45, 2.75) is 64.5 Å². The Hall–Kier alpha value is -2.98. The second-order valence-corrected chi connectivity index (χ2v) is 7.92. The monoisotopic (exact) mass is 462 g/mol. The molecule has 1 aromatic rings. The number of benzene rings is 1. The molecule has 0 saturated carbocycles. The van der Waals surface area contributed by atoms with Gasteiger partial charge in [-0.2, -0.15) is 13.2 Å². The van der Waals surface area contributed by atoms with Crippen LogP contribution in [0, 0.1) is 0 Å². The zero-order chi connectivity index (χ0) is 24.4. The molecule has 0 spiro atoms. The number of unbranched alkanes of at least 4 members (excludes halogenated alkanes) is 1. The lowest BCUT2D eigenvalue weighted by molar-refractivity contribution is -0.143. The number of amides is 2. The summed E-state index contributed by atoms with van der Waals surface area (Å²) >= 11 is 0. The summed E-state index contributed by atoms with van der Waals surface area (Å²) in [4.78, 5) is 35.5. The summed E-state index contributed by atoms with van der Waals surface area (Å²) in [6.45, 7) is 5.29. The van der Waals surface area contributed by atoms with Gasteiger partial charge in [0.05, 0.1) is 12.7 Å². The Bertz CT molecular complexity index is 760. The van der Waals surface area contributed by atoms with E-state index in [1.165, 1.54) is 19.2 Å². The third kappa shape index (κ3) is 10.9. The minimum absolute atomic E-state index is 0.234. The third-order valence-corrected chi connectivity index (χ3v) is 4.02. The van der Waals surface area contributed by atoms with Crippen LogP contribution in [0.4, 0.5) is 22.8 Å². The van der Waals surface area contributed by atoms with Crippen LogP contribution in [0.15, 0.2) is 24.3 Å². The molecule has 2 N–H and O–H groups in total. The maximum atomic E-state index is 12.6. The van der Waals surface area contributed by atoms with Gasteiger partial charge in [-0.05, 0) is 57.7 Å². The summed E-state index contributed by atoms with van der Waals surface area (Å²) in [5.41, 5.74) is -1.06. The minimum atomic E-state index is -4.45. The highest BCUT2D eigenvalue weighted by atomic mass is 19.4. The Morgan fingerprint density at radius 1 is 1.00 bits per heavy atom. The number of alkyl carbamates (subject to hydrolysis) is 2. The second kappa shape index (κ2) is 12.2. The highest BCUT2D eigenvalue weighted by Gasteiger charge is 2.30. The molecule has 32 heavy (non-hydrogen) atoms. The van der Waals surface area contributed by atoms with Crippen LogP contribution in [0.1, 0.15) is 51.2 Å². The molecule has 0 aliphatic heterocycles. The fourth-order valence-electron chi connectivity index (χ4n) is 2.49. The zero-order valence-corrected chi connectivity index (χ0v) is 18.5. The summed E-state index contributed by atoms with van der Waals surface area (Å²) in [7, 11) is 1.18. The number of ether oxygens (including phenoxy) is 3. The minimum Gasteiger partial charge on any atom is -0.467 e. The summed E-state index contributed by atoms with van der Waals surface area (Å²) < 4.78 is 52.5. The molecule has 0 saturated heterocycles. The van der Waals surface area contributed by atoms with Gasteiger partial charge in [0.15, 0.2) is 0 Å². The molecule has 1 atom stereocenters. The van der Waals surface area contributed by atoms with Gasteiger partial charge in [-0.25, -0.2) is 14.4 Å². The molecule has 11 heteroatoms. The highest BCUT2D eigenvalue weighted by molar-refractivity contribution is 5.81. The molecule has 0 aromatic heterocycles. The maximum absolute atomic E-state index is 12.6. The van der Waals surface area contributed by atoms with Crippen molar-refractivity contribution in [2.75, 3.05) is 13.7 Å². The number of rotatable bonds is 9. The zero-order valence-electron chi connectivity index (χ0n) is 18.5. The molecular formula is C21H29F3N2O6. The predicted molar refractivity (Wildman–Crippen MR) is 109 cm³/mol. The van der Waals surface area contributed by atoms with Gasteiger partial charge in [-0.3, -0.25) is 0 Å². The van der Waals surface area contributed by atoms with Gasteiger partial charge in [0.1, 0.15) is 18.2 Å². The molecule has 1 aromatic carbocycles. The van der Waals surface area contributed by atoms with E-state index in [1.807, 2.05) is 0 Å². The fraction of sp³-hybridized carbons (Fsp3) is 0.571. The van der Waals surface area contributed by atoms with Gasteiger partial charge in [0, 0.05) is 6.54 Å². The first kappa shape index (κ1) is 27.1. The average Bonchev–Trinajstić information content (AvgIpc) is 2.68. The number of carbonyl (C=O) groups is 3. The topological polar surface area (TPSA) is 103 Å². The van der Waals surface area contributed by atoms with E-state index >= 15 is 0 Å². The number of methoxy groups -OCH3 is 1. The van der Waals surface area contributed by atoms with E-state index in [2.05, 4.69) is 15.4 Å². The van der Waals surface area contributed by atoms with Crippen LogP contribution in [-0.4, -0.2) is 43.5 Å². The first-order chi connectivity index (χ1) is 14.8. The first-order valence-corrected chi connectivity index (χ1v) is 9.96. The van der Waals surface area contributed by atoms with Crippen LogP contribution in [0.5, 0.6) is 0 Å². The van der Waals surface area contributed by atoms with Crippen molar-refractivity contribution in [2.24, 2.45) is 0 Å². The average molecular weight is 462 g/mol. The lowest BCUT2D eigenvalue weighted by atomic mass is 10.1. The third-order valence-electron chi connectivity index (χ3n) is 4.02. The van der Waals surface area contributed by atoms with E-state index in [-0.39, 0.29) is 13.0 Å². The number of esters is 1. The Balaban J connectivity index is 2.43. The van der Waals surface area contributed by atoms with Crippen molar-refractivity contribution in [3.8, 4) is 0 Å². The SMILES string of the molecule is COC(=O)[C@H](CCCCNC(=O)OC(C)(C)C)NC(=O)OCc1ccc(C(F)(F)F)cc1. The molecule has 0 aliphatic carbocycles. The smallest absolute Gasteiger partial charge is 0.416 e. The van der Waals surface area contributed by atoms with Crippen molar-refractivity contribution >= 4 is 18.2 Å². The van der Waals surface area contributed by atoms with Gasteiger partial charge in [0.25, 0.3) is 0 Å². The Morgan fingerprint density at radius 2 is 1.62 bits per heavy atom. The summed E-state index contributed by atoms with van der Waals surface area (Å²) in [6, 6.07) is 3.21. The van der Waals surface area contributed by atoms with Gasteiger partial charge in [-0.15, -0.1) is 0 Å². The molecule has 180 valence electrons. The van der Waals surface area contributed by atoms with Crippen LogP contribution in [0.3, 0.4) is 0 Å². The molecule has 1 rings (SSSR count). The van der Waals surface area contributed by atoms with E-state index < -0.39 is 41.5 Å². The van der Waals surface area contributed by atoms with Crippen molar-refractivity contribution in [1.29, 1.82) is 0 Å². The Kier molecular flexibility index (Phi) is 10.3. The molecule has 8 nitrogen and oxygen atoms in total. The molecule has 0 heterocycles. The number of hydrogen-bond donors (Lipinski definition) is 2. The van der Waals surface area contributed by atoms with E-state index in [4.69, 9.17) is 9.47 Å². The summed E-state index contributed by atoms with van der Waals surface area (Å²) in [5.74, 6) is -0.670. The number of carbonyl (C=O) groups excluding carboxylic acids is 3. The highest BCUT2D eigenvalue weighted by Crippen LogP contribution is 2.29. The molecule has 0 fully saturated rings. The summed E-state index contributed by atoms with van der Waals surface area (Å²) in [6.07, 6.45) is -4.67. The fourth-order valence-corrected chi connectivity index (χ4v) is 2.49. The molecule has 0 unspecified atom stereocenters. The molecule has 0 bridgehead atoms. The second-order valence-electron chi connectivity index (χ2n) is 7.92. The van der Waals surface area contributed by atoms with E-state index in [0.717, 1.165) is 12.1 Å². The normalized spacial score (nSPS) is 12.5. The van der Waals surface area contributed by atoms with Crippen molar-refractivity contribution in [3.05, 3.63) is 35.4 Å². The molecule has 0 radical (unpaired) electrons. The van der Waals surface area contributed by atoms with Crippen LogP contribution in [0.2, 0.25) is 0 Å². The van der Waals surface area contributed by atoms with Crippen molar-refractivity contribution in [3.63, 3.8) is 0 Å². The largest absolute Gasteiger partial charge is 0.467 e. The first-order valence-electron chi connectivity index (χ1n) is 9.96. The Labute approximate surface area is 184 Å². The lowest BCUT2D eigenvalue weighted by Gasteiger charge is -2.20. The van der Waals surface area contributed by atoms with Gasteiger partial charge >= 0.3 is 24.3 Å². The van der Waals surface area contributed by atoms with Gasteiger partial charge < -0.3 is 24.8 Å². The molecule has 0 aliphatic rings. The van der Waals surface area contributed by atoms with E-state index in [9.17, 15) is 27.6 Å². The number of nitrogens with one attached hydrogen (secondary N) is 2. The Morgan fingerprint density at radius 3 is 2.16 bits per heavy atom. The van der Waals surface area contributed by atoms with Crippen LogP contribution in [0.25, 0.3) is 0 Å². The van der Waals surface area contributed by atoms with Gasteiger partial charge in [-0.1, -0.05) is 12.1 Å². The van der Waals surface area contributed by atoms with Gasteiger partial charge in [0.2, 0.25) is 0 Å². The lowest BCUT2D eigenvalue weighted by Crippen LogP contribution is -2.41. The summed E-state index contributed by atoms with van der Waals surface area (Å²) in [5, 5.41) is 4.97. The predicted octanol–water partition coefficient (Wildman–Crippen LogP) is 4.17. The number of halogens is 3.